The zero-order valence-corrected chi connectivity index (χ0v) is 20.1. The number of aromatic carboxylic acids is 1. The SMILES string of the molecule is Cc1ccc(CN2C(=O)N/C(=C/c3cc(Cl)c(OCc4ccc(C(=O)O)cc4)c(Cl)c3)C2=O)cc1. The molecule has 1 saturated heterocycles. The number of carboxylic acids is 1. The molecule has 1 fully saturated rings. The van der Waals surface area contributed by atoms with Crippen LogP contribution in [0.15, 0.2) is 66.4 Å². The van der Waals surface area contributed by atoms with Crippen molar-refractivity contribution in [2.24, 2.45) is 0 Å². The Balaban J connectivity index is 1.47. The molecule has 1 heterocycles. The zero-order valence-electron chi connectivity index (χ0n) is 18.5. The van der Waals surface area contributed by atoms with E-state index < -0.39 is 17.9 Å². The molecule has 4 rings (SSSR count). The van der Waals surface area contributed by atoms with Crippen molar-refractivity contribution in [1.82, 2.24) is 10.2 Å². The molecule has 0 aliphatic carbocycles. The second-order valence-electron chi connectivity index (χ2n) is 7.97. The second-order valence-corrected chi connectivity index (χ2v) is 8.78. The lowest BCUT2D eigenvalue weighted by atomic mass is 10.1. The van der Waals surface area contributed by atoms with Gasteiger partial charge in [-0.05, 0) is 54.0 Å². The van der Waals surface area contributed by atoms with Crippen LogP contribution in [0.3, 0.4) is 0 Å². The third-order valence-electron chi connectivity index (χ3n) is 5.34. The summed E-state index contributed by atoms with van der Waals surface area (Å²) < 4.78 is 5.73. The van der Waals surface area contributed by atoms with E-state index in [1.54, 1.807) is 24.3 Å². The van der Waals surface area contributed by atoms with Crippen LogP contribution < -0.4 is 10.1 Å². The van der Waals surface area contributed by atoms with Crippen LogP contribution in [-0.2, 0) is 17.9 Å². The molecule has 0 atom stereocenters. The first-order chi connectivity index (χ1) is 16.7. The Kier molecular flexibility index (Phi) is 7.10. The minimum absolute atomic E-state index is 0.112. The summed E-state index contributed by atoms with van der Waals surface area (Å²) in [6, 6.07) is 16.5. The number of amides is 3. The van der Waals surface area contributed by atoms with Crippen LogP contribution in [0.2, 0.25) is 10.0 Å². The van der Waals surface area contributed by atoms with Crippen LogP contribution in [0.1, 0.15) is 32.6 Å². The smallest absolute Gasteiger partial charge is 0.335 e. The van der Waals surface area contributed by atoms with E-state index in [-0.39, 0.29) is 40.2 Å². The first-order valence-electron chi connectivity index (χ1n) is 10.6. The Morgan fingerprint density at radius 2 is 1.60 bits per heavy atom. The molecule has 3 amide bonds. The fourth-order valence-electron chi connectivity index (χ4n) is 3.46. The molecule has 35 heavy (non-hydrogen) atoms. The molecule has 3 aromatic carbocycles. The van der Waals surface area contributed by atoms with E-state index >= 15 is 0 Å². The fourth-order valence-corrected chi connectivity index (χ4v) is 4.07. The minimum atomic E-state index is -1.01. The molecule has 0 unspecified atom stereocenters. The van der Waals surface area contributed by atoms with Gasteiger partial charge >= 0.3 is 12.0 Å². The number of carbonyl (C=O) groups excluding carboxylic acids is 2. The second kappa shape index (κ2) is 10.2. The van der Waals surface area contributed by atoms with Crippen molar-refractivity contribution >= 4 is 47.2 Å². The van der Waals surface area contributed by atoms with Gasteiger partial charge < -0.3 is 15.2 Å². The topological polar surface area (TPSA) is 95.9 Å². The van der Waals surface area contributed by atoms with E-state index in [2.05, 4.69) is 5.32 Å². The Hall–Kier alpha value is -3.81. The minimum Gasteiger partial charge on any atom is -0.486 e. The van der Waals surface area contributed by atoms with E-state index in [9.17, 15) is 14.4 Å². The maximum absolute atomic E-state index is 12.8. The summed E-state index contributed by atoms with van der Waals surface area (Å²) >= 11 is 12.7. The lowest BCUT2D eigenvalue weighted by molar-refractivity contribution is -0.123. The molecule has 0 bridgehead atoms. The van der Waals surface area contributed by atoms with Gasteiger partial charge in [-0.15, -0.1) is 0 Å². The van der Waals surface area contributed by atoms with Gasteiger partial charge in [-0.3, -0.25) is 9.69 Å². The average molecular weight is 511 g/mol. The molecule has 3 aromatic rings. The molecule has 0 spiro atoms. The number of imide groups is 1. The number of carboxylic acid groups (broad SMARTS) is 1. The van der Waals surface area contributed by atoms with Crippen LogP contribution in [0, 0.1) is 6.92 Å². The van der Waals surface area contributed by atoms with E-state index in [0.717, 1.165) is 21.6 Å². The van der Waals surface area contributed by atoms with Crippen molar-refractivity contribution < 1.29 is 24.2 Å². The van der Waals surface area contributed by atoms with Gasteiger partial charge in [0.05, 0.1) is 22.2 Å². The summed E-state index contributed by atoms with van der Waals surface area (Å²) in [5.41, 5.74) is 3.46. The monoisotopic (exact) mass is 510 g/mol. The zero-order chi connectivity index (χ0) is 25.1. The lowest BCUT2D eigenvalue weighted by Crippen LogP contribution is -2.30. The number of hydrogen-bond donors (Lipinski definition) is 2. The predicted molar refractivity (Wildman–Crippen MR) is 132 cm³/mol. The molecular weight excluding hydrogens is 491 g/mol. The average Bonchev–Trinajstić information content (AvgIpc) is 3.07. The Bertz CT molecular complexity index is 1310. The first-order valence-corrected chi connectivity index (χ1v) is 11.3. The summed E-state index contributed by atoms with van der Waals surface area (Å²) in [5, 5.41) is 12.0. The van der Waals surface area contributed by atoms with Crippen molar-refractivity contribution in [2.45, 2.75) is 20.1 Å². The molecule has 2 N–H and O–H groups in total. The van der Waals surface area contributed by atoms with Gasteiger partial charge in [0.2, 0.25) is 0 Å². The predicted octanol–water partition coefficient (Wildman–Crippen LogP) is 5.67. The van der Waals surface area contributed by atoms with Crippen LogP contribution in [0.25, 0.3) is 6.08 Å². The maximum atomic E-state index is 12.8. The quantitative estimate of drug-likeness (QED) is 0.315. The van der Waals surface area contributed by atoms with Gasteiger partial charge in [0.15, 0.2) is 5.75 Å². The highest BCUT2D eigenvalue weighted by Crippen LogP contribution is 2.35. The molecular formula is C26H20Cl2N2O5. The van der Waals surface area contributed by atoms with Crippen LogP contribution in [0.5, 0.6) is 5.75 Å². The number of halogens is 2. The van der Waals surface area contributed by atoms with E-state index in [1.807, 2.05) is 31.2 Å². The fraction of sp³-hybridized carbons (Fsp3) is 0.115. The Labute approximate surface area is 211 Å². The van der Waals surface area contributed by atoms with Crippen molar-refractivity contribution in [3.63, 3.8) is 0 Å². The van der Waals surface area contributed by atoms with Gasteiger partial charge in [0.25, 0.3) is 5.91 Å². The highest BCUT2D eigenvalue weighted by atomic mass is 35.5. The Morgan fingerprint density at radius 1 is 1.00 bits per heavy atom. The van der Waals surface area contributed by atoms with Crippen LogP contribution in [0.4, 0.5) is 4.79 Å². The van der Waals surface area contributed by atoms with E-state index in [0.29, 0.717) is 5.56 Å². The molecule has 1 aliphatic heterocycles. The molecule has 0 radical (unpaired) electrons. The number of aryl methyl sites for hydroxylation is 1. The standard InChI is InChI=1S/C26H20Cl2N2O5/c1-15-2-4-16(5-3-15)13-30-24(31)22(29-26(30)34)12-18-10-20(27)23(21(28)11-18)35-14-17-6-8-19(9-7-17)25(32)33/h2-12H,13-14H2,1H3,(H,29,34)(H,32,33)/b22-12+. The highest BCUT2D eigenvalue weighted by molar-refractivity contribution is 6.37. The normalized spacial score (nSPS) is 14.4. The number of nitrogens with zero attached hydrogens (tertiary/aromatic N) is 1. The van der Waals surface area contributed by atoms with E-state index in [1.165, 1.54) is 18.2 Å². The van der Waals surface area contributed by atoms with Gasteiger partial charge in [-0.1, -0.05) is 65.2 Å². The summed E-state index contributed by atoms with van der Waals surface area (Å²) in [6.07, 6.45) is 1.50. The van der Waals surface area contributed by atoms with Gasteiger partial charge in [-0.25, -0.2) is 9.59 Å². The number of ether oxygens (including phenoxy) is 1. The summed E-state index contributed by atoms with van der Waals surface area (Å²) in [4.78, 5) is 37.3. The van der Waals surface area contributed by atoms with Gasteiger partial charge in [0, 0.05) is 0 Å². The number of rotatable bonds is 7. The first kappa shape index (κ1) is 24.3. The molecule has 1 aliphatic rings. The van der Waals surface area contributed by atoms with Crippen molar-refractivity contribution in [3.8, 4) is 5.75 Å². The van der Waals surface area contributed by atoms with Gasteiger partial charge in [-0.2, -0.15) is 0 Å². The molecule has 0 saturated carbocycles. The highest BCUT2D eigenvalue weighted by Gasteiger charge is 2.33. The summed E-state index contributed by atoms with van der Waals surface area (Å²) in [6.45, 7) is 2.25. The molecule has 178 valence electrons. The number of hydrogen-bond acceptors (Lipinski definition) is 4. The van der Waals surface area contributed by atoms with Crippen molar-refractivity contribution in [2.75, 3.05) is 0 Å². The summed E-state index contributed by atoms with van der Waals surface area (Å²) in [7, 11) is 0. The van der Waals surface area contributed by atoms with Crippen molar-refractivity contribution in [1.29, 1.82) is 0 Å². The number of benzene rings is 3. The van der Waals surface area contributed by atoms with Crippen molar-refractivity contribution in [3.05, 3.63) is 104 Å². The molecule has 0 aromatic heterocycles. The van der Waals surface area contributed by atoms with Gasteiger partial charge in [0.1, 0.15) is 12.3 Å². The molecule has 9 heteroatoms. The maximum Gasteiger partial charge on any atom is 0.335 e. The lowest BCUT2D eigenvalue weighted by Gasteiger charge is -2.12. The van der Waals surface area contributed by atoms with Crippen LogP contribution >= 0.6 is 23.2 Å². The Morgan fingerprint density at radius 3 is 2.20 bits per heavy atom. The number of urea groups is 1. The van der Waals surface area contributed by atoms with E-state index in [4.69, 9.17) is 33.0 Å². The number of carbonyl (C=O) groups is 3. The summed E-state index contributed by atoms with van der Waals surface area (Å²) in [5.74, 6) is -1.21. The van der Waals surface area contributed by atoms with Crippen LogP contribution in [-0.4, -0.2) is 27.9 Å². The third kappa shape index (κ3) is 5.65. The third-order valence-corrected chi connectivity index (χ3v) is 5.90. The largest absolute Gasteiger partial charge is 0.486 e. The molecule has 7 nitrogen and oxygen atoms in total. The number of nitrogens with one attached hydrogen (secondary N) is 1.